The van der Waals surface area contributed by atoms with Crippen molar-refractivity contribution in [2.24, 2.45) is 0 Å². The Morgan fingerprint density at radius 3 is 2.47 bits per heavy atom. The van der Waals surface area contributed by atoms with Crippen LogP contribution in [-0.4, -0.2) is 24.0 Å². The maximum absolute atomic E-state index is 11.0. The Bertz CT molecular complexity index is 671. The highest BCUT2D eigenvalue weighted by Crippen LogP contribution is 2.22. The van der Waals surface area contributed by atoms with Gasteiger partial charge in [0.2, 0.25) is 0 Å². The molecule has 2 aromatic carbocycles. The molecule has 0 atom stereocenters. The molecule has 0 aliphatic heterocycles. The van der Waals surface area contributed by atoms with Crippen molar-refractivity contribution in [2.45, 2.75) is 0 Å². The monoisotopic (exact) mass is 256 g/mol. The van der Waals surface area contributed by atoms with Gasteiger partial charge in [-0.25, -0.2) is 4.79 Å². The third kappa shape index (κ3) is 2.98. The van der Waals surface area contributed by atoms with Gasteiger partial charge in [-0.2, -0.15) is 0 Å². The topological polar surface area (TPSA) is 63.6 Å². The Morgan fingerprint density at radius 2 is 1.79 bits per heavy atom. The first-order valence-corrected chi connectivity index (χ1v) is 5.63. The number of rotatable bonds is 4. The summed E-state index contributed by atoms with van der Waals surface area (Å²) in [5.41, 5.74) is 0.771. The summed E-state index contributed by atoms with van der Waals surface area (Å²) >= 11 is 0. The van der Waals surface area contributed by atoms with Crippen LogP contribution >= 0.6 is 0 Å². The van der Waals surface area contributed by atoms with Crippen LogP contribution in [0.15, 0.2) is 42.5 Å². The summed E-state index contributed by atoms with van der Waals surface area (Å²) in [4.78, 5) is 21.3. The number of benzene rings is 2. The summed E-state index contributed by atoms with van der Waals surface area (Å²) in [7, 11) is 1.61. The molecule has 2 rings (SSSR count). The van der Waals surface area contributed by atoms with E-state index in [0.29, 0.717) is 0 Å². The van der Waals surface area contributed by atoms with Crippen molar-refractivity contribution in [3.05, 3.63) is 48.0 Å². The third-order valence-electron chi connectivity index (χ3n) is 2.71. The van der Waals surface area contributed by atoms with E-state index >= 15 is 0 Å². The lowest BCUT2D eigenvalue weighted by atomic mass is 10.1. The van der Waals surface area contributed by atoms with Gasteiger partial charge in [-0.3, -0.25) is 4.79 Å². The van der Waals surface area contributed by atoms with Crippen LogP contribution in [0.3, 0.4) is 0 Å². The summed E-state index contributed by atoms with van der Waals surface area (Å²) in [5, 5.41) is 10.5. The summed E-state index contributed by atoms with van der Waals surface area (Å²) in [6.07, 6.45) is 2.53. The molecule has 0 aliphatic carbocycles. The smallest absolute Gasteiger partial charge is 0.376 e. The maximum atomic E-state index is 11.0. The fourth-order valence-corrected chi connectivity index (χ4v) is 1.72. The third-order valence-corrected chi connectivity index (χ3v) is 2.71. The molecule has 19 heavy (non-hydrogen) atoms. The minimum Gasteiger partial charge on any atom is -0.497 e. The number of ketones is 1. The Morgan fingerprint density at radius 1 is 1.11 bits per heavy atom. The highest BCUT2D eigenvalue weighted by atomic mass is 16.5. The predicted octanol–water partition coefficient (Wildman–Crippen LogP) is 2.52. The molecule has 4 heteroatoms. The Kier molecular flexibility index (Phi) is 3.61. The number of hydrogen-bond acceptors (Lipinski definition) is 3. The van der Waals surface area contributed by atoms with Crippen LogP contribution in [-0.2, 0) is 9.59 Å². The fourth-order valence-electron chi connectivity index (χ4n) is 1.72. The molecule has 0 heterocycles. The zero-order chi connectivity index (χ0) is 13.8. The fraction of sp³-hybridized carbons (Fsp3) is 0.0667. The molecule has 0 bridgehead atoms. The number of carboxylic acid groups (broad SMARTS) is 1. The number of ether oxygens (including phenoxy) is 1. The molecule has 2 aromatic rings. The molecule has 0 spiro atoms. The van der Waals surface area contributed by atoms with Gasteiger partial charge >= 0.3 is 5.97 Å². The zero-order valence-electron chi connectivity index (χ0n) is 10.3. The first kappa shape index (κ1) is 12.8. The van der Waals surface area contributed by atoms with Gasteiger partial charge in [0.15, 0.2) is 0 Å². The lowest BCUT2D eigenvalue weighted by Gasteiger charge is -2.03. The SMILES string of the molecule is COc1ccc2cc(/C=C/C(=O)C(=O)O)ccc2c1. The van der Waals surface area contributed by atoms with Gasteiger partial charge in [0.25, 0.3) is 5.78 Å². The molecule has 0 unspecified atom stereocenters. The van der Waals surface area contributed by atoms with E-state index in [2.05, 4.69) is 0 Å². The minimum absolute atomic E-state index is 0.771. The van der Waals surface area contributed by atoms with Crippen LogP contribution < -0.4 is 4.74 Å². The van der Waals surface area contributed by atoms with E-state index in [0.717, 1.165) is 28.2 Å². The van der Waals surface area contributed by atoms with Crippen LogP contribution in [0.2, 0.25) is 0 Å². The van der Waals surface area contributed by atoms with E-state index in [9.17, 15) is 9.59 Å². The molecule has 1 N–H and O–H groups in total. The van der Waals surface area contributed by atoms with E-state index < -0.39 is 11.8 Å². The minimum atomic E-state index is -1.46. The lowest BCUT2D eigenvalue weighted by molar-refractivity contribution is -0.146. The normalized spacial score (nSPS) is 10.8. The van der Waals surface area contributed by atoms with Gasteiger partial charge in [0.05, 0.1) is 7.11 Å². The van der Waals surface area contributed by atoms with E-state index in [1.54, 1.807) is 7.11 Å². The average molecular weight is 256 g/mol. The molecule has 0 aliphatic rings. The summed E-state index contributed by atoms with van der Waals surface area (Å²) in [5.74, 6) is -1.62. The Labute approximate surface area is 109 Å². The van der Waals surface area contributed by atoms with Gasteiger partial charge < -0.3 is 9.84 Å². The van der Waals surface area contributed by atoms with Crippen molar-refractivity contribution in [1.82, 2.24) is 0 Å². The second-order valence-electron chi connectivity index (χ2n) is 3.98. The number of aliphatic carboxylic acids is 1. The summed E-state index contributed by atoms with van der Waals surface area (Å²) in [6.45, 7) is 0. The molecule has 0 saturated heterocycles. The molecular formula is C15H12O4. The highest BCUT2D eigenvalue weighted by molar-refractivity contribution is 6.38. The van der Waals surface area contributed by atoms with E-state index in [1.807, 2.05) is 36.4 Å². The summed E-state index contributed by atoms with van der Waals surface area (Å²) < 4.78 is 5.13. The van der Waals surface area contributed by atoms with Gasteiger partial charge in [0, 0.05) is 0 Å². The standard InChI is InChI=1S/C15H12O4/c1-19-13-6-5-11-8-10(2-4-12(11)9-13)3-7-14(16)15(17)18/h2-9H,1H3,(H,17,18)/b7-3+. The molecule has 0 fully saturated rings. The second-order valence-corrected chi connectivity index (χ2v) is 3.98. The van der Waals surface area contributed by atoms with Crippen LogP contribution in [0.25, 0.3) is 16.8 Å². The van der Waals surface area contributed by atoms with Crippen molar-refractivity contribution in [3.8, 4) is 5.75 Å². The van der Waals surface area contributed by atoms with E-state index in [4.69, 9.17) is 9.84 Å². The highest BCUT2D eigenvalue weighted by Gasteiger charge is 2.05. The summed E-state index contributed by atoms with van der Waals surface area (Å²) in [6, 6.07) is 11.2. The number of carbonyl (C=O) groups excluding carboxylic acids is 1. The number of carboxylic acids is 1. The van der Waals surface area contributed by atoms with Crippen molar-refractivity contribution in [1.29, 1.82) is 0 Å². The molecule has 0 amide bonds. The van der Waals surface area contributed by atoms with Crippen molar-refractivity contribution in [3.63, 3.8) is 0 Å². The van der Waals surface area contributed by atoms with Crippen molar-refractivity contribution >= 4 is 28.6 Å². The average Bonchev–Trinajstić information content (AvgIpc) is 2.43. The van der Waals surface area contributed by atoms with E-state index in [1.165, 1.54) is 6.08 Å². The molecule has 0 saturated carbocycles. The van der Waals surface area contributed by atoms with Gasteiger partial charge in [-0.05, 0) is 40.6 Å². The number of methoxy groups -OCH3 is 1. The Hall–Kier alpha value is -2.62. The van der Waals surface area contributed by atoms with Crippen molar-refractivity contribution < 1.29 is 19.4 Å². The predicted molar refractivity (Wildman–Crippen MR) is 72.2 cm³/mol. The van der Waals surface area contributed by atoms with Crippen LogP contribution in [0.5, 0.6) is 5.75 Å². The molecule has 0 aromatic heterocycles. The van der Waals surface area contributed by atoms with Crippen LogP contribution in [0.4, 0.5) is 0 Å². The second kappa shape index (κ2) is 5.35. The largest absolute Gasteiger partial charge is 0.497 e. The quantitative estimate of drug-likeness (QED) is 0.674. The first-order valence-electron chi connectivity index (χ1n) is 5.63. The van der Waals surface area contributed by atoms with Crippen molar-refractivity contribution in [2.75, 3.05) is 7.11 Å². The molecule has 0 radical (unpaired) electrons. The lowest BCUT2D eigenvalue weighted by Crippen LogP contribution is -2.08. The van der Waals surface area contributed by atoms with Gasteiger partial charge in [-0.15, -0.1) is 0 Å². The maximum Gasteiger partial charge on any atom is 0.376 e. The Balaban J connectivity index is 2.32. The van der Waals surface area contributed by atoms with E-state index in [-0.39, 0.29) is 0 Å². The molecular weight excluding hydrogens is 244 g/mol. The number of hydrogen-bond donors (Lipinski definition) is 1. The number of carbonyl (C=O) groups is 2. The van der Waals surface area contributed by atoms with Gasteiger partial charge in [-0.1, -0.05) is 24.3 Å². The number of fused-ring (bicyclic) bond motifs is 1. The van der Waals surface area contributed by atoms with Crippen LogP contribution in [0.1, 0.15) is 5.56 Å². The zero-order valence-corrected chi connectivity index (χ0v) is 10.3. The first-order chi connectivity index (χ1) is 9.10. The van der Waals surface area contributed by atoms with Gasteiger partial charge in [0.1, 0.15) is 5.75 Å². The van der Waals surface area contributed by atoms with Crippen LogP contribution in [0, 0.1) is 0 Å². The molecule has 4 nitrogen and oxygen atoms in total. The molecule has 96 valence electrons.